The van der Waals surface area contributed by atoms with Gasteiger partial charge in [0, 0.05) is 24.1 Å². The minimum atomic E-state index is -0.464. The van der Waals surface area contributed by atoms with Gasteiger partial charge in [0.25, 0.3) is 0 Å². The Balaban J connectivity index is 1.98. The van der Waals surface area contributed by atoms with Crippen LogP contribution in [0.1, 0.15) is 47.5 Å². The molecule has 1 N–H and O–H groups in total. The lowest BCUT2D eigenvalue weighted by molar-refractivity contribution is -0.116. The molecule has 0 spiro atoms. The number of allylic oxidation sites excluding steroid dienone is 4. The normalized spacial score (nSPS) is 25.1. The molecule has 0 fully saturated rings. The van der Waals surface area contributed by atoms with Crippen LogP contribution in [0.4, 0.5) is 0 Å². The van der Waals surface area contributed by atoms with Gasteiger partial charge in [-0.3, -0.25) is 4.90 Å². The zero-order valence-electron chi connectivity index (χ0n) is 15.7. The molecular formula is C20H32BrNO2. The maximum absolute atomic E-state index is 10.6. The van der Waals surface area contributed by atoms with Gasteiger partial charge >= 0.3 is 0 Å². The Morgan fingerprint density at radius 2 is 2.17 bits per heavy atom. The lowest BCUT2D eigenvalue weighted by atomic mass is 9.91. The molecule has 0 aromatic carbocycles. The fraction of sp³-hybridized carbons (Fsp3) is 0.700. The Morgan fingerprint density at radius 1 is 1.46 bits per heavy atom. The molecule has 1 heterocycles. The van der Waals surface area contributed by atoms with Crippen LogP contribution < -0.4 is 0 Å². The van der Waals surface area contributed by atoms with Gasteiger partial charge in [0.2, 0.25) is 0 Å². The van der Waals surface area contributed by atoms with Crippen molar-refractivity contribution in [2.75, 3.05) is 19.6 Å². The summed E-state index contributed by atoms with van der Waals surface area (Å²) in [6.45, 7) is 13.1. The highest BCUT2D eigenvalue weighted by Crippen LogP contribution is 2.34. The van der Waals surface area contributed by atoms with Gasteiger partial charge < -0.3 is 9.84 Å². The van der Waals surface area contributed by atoms with E-state index in [0.29, 0.717) is 12.5 Å². The molecule has 0 aromatic rings. The van der Waals surface area contributed by atoms with Crippen LogP contribution in [0.25, 0.3) is 0 Å². The number of aliphatic hydroxyl groups excluding tert-OH is 1. The number of aliphatic hydroxyl groups is 1. The summed E-state index contributed by atoms with van der Waals surface area (Å²) in [6, 6.07) is 0. The summed E-state index contributed by atoms with van der Waals surface area (Å²) >= 11 is 3.71. The first-order chi connectivity index (χ1) is 11.2. The third kappa shape index (κ3) is 5.04. The minimum Gasteiger partial charge on any atom is -0.389 e. The van der Waals surface area contributed by atoms with Crippen molar-refractivity contribution in [3.8, 4) is 0 Å². The molecule has 4 heteroatoms. The fourth-order valence-electron chi connectivity index (χ4n) is 3.29. The van der Waals surface area contributed by atoms with Gasteiger partial charge in [-0.2, -0.15) is 0 Å². The van der Waals surface area contributed by atoms with Crippen molar-refractivity contribution in [3.05, 3.63) is 33.9 Å². The Bertz CT molecular complexity index is 536. The highest BCUT2D eigenvalue weighted by molar-refractivity contribution is 9.12. The monoisotopic (exact) mass is 397 g/mol. The van der Waals surface area contributed by atoms with E-state index in [2.05, 4.69) is 66.8 Å². The van der Waals surface area contributed by atoms with Gasteiger partial charge in [-0.05, 0) is 56.8 Å². The Hall–Kier alpha value is -0.420. The predicted molar refractivity (Wildman–Crippen MR) is 104 cm³/mol. The minimum absolute atomic E-state index is 0.159. The predicted octanol–water partition coefficient (Wildman–Crippen LogP) is 4.43. The zero-order chi connectivity index (χ0) is 17.9. The fourth-order valence-corrected chi connectivity index (χ4v) is 3.90. The molecular weight excluding hydrogens is 366 g/mol. The second-order valence-corrected chi connectivity index (χ2v) is 8.53. The number of halogens is 1. The van der Waals surface area contributed by atoms with Crippen LogP contribution in [-0.4, -0.2) is 47.4 Å². The van der Waals surface area contributed by atoms with Crippen molar-refractivity contribution in [1.82, 2.24) is 4.90 Å². The molecule has 136 valence electrons. The van der Waals surface area contributed by atoms with E-state index in [0.717, 1.165) is 25.9 Å². The molecule has 2 rings (SSSR count). The lowest BCUT2D eigenvalue weighted by Crippen LogP contribution is -2.44. The third-order valence-electron chi connectivity index (χ3n) is 5.28. The van der Waals surface area contributed by atoms with Crippen LogP contribution in [0.3, 0.4) is 0 Å². The van der Waals surface area contributed by atoms with Crippen molar-refractivity contribution < 1.29 is 9.84 Å². The number of rotatable bonds is 6. The maximum atomic E-state index is 10.6. The van der Waals surface area contributed by atoms with E-state index < -0.39 is 6.10 Å². The molecule has 0 amide bonds. The van der Waals surface area contributed by atoms with E-state index in [1.807, 2.05) is 6.92 Å². The Morgan fingerprint density at radius 3 is 2.83 bits per heavy atom. The van der Waals surface area contributed by atoms with Crippen LogP contribution >= 0.6 is 15.9 Å². The number of hydrogen-bond acceptors (Lipinski definition) is 3. The van der Waals surface area contributed by atoms with Crippen LogP contribution in [0, 0.1) is 5.92 Å². The molecule has 3 nitrogen and oxygen atoms in total. The number of β-amino-alcohol motifs (C(OH)–C–C–N with tert-alkyl or cyclic N) is 1. The first-order valence-corrected chi connectivity index (χ1v) is 9.87. The molecule has 0 aromatic heterocycles. The van der Waals surface area contributed by atoms with Crippen LogP contribution in [0.15, 0.2) is 33.9 Å². The molecule has 3 atom stereocenters. The zero-order valence-corrected chi connectivity index (χ0v) is 17.3. The van der Waals surface area contributed by atoms with Gasteiger partial charge in [-0.1, -0.05) is 41.9 Å². The summed E-state index contributed by atoms with van der Waals surface area (Å²) in [4.78, 5) is 2.36. The highest BCUT2D eigenvalue weighted by Gasteiger charge is 2.29. The second kappa shape index (κ2) is 8.31. The quantitative estimate of drug-likeness (QED) is 0.719. The molecule has 2 aliphatic rings. The summed E-state index contributed by atoms with van der Waals surface area (Å²) in [6.07, 6.45) is 7.87. The molecule has 0 saturated heterocycles. The molecule has 0 bridgehead atoms. The number of ether oxygens (including phenoxy) is 1. The van der Waals surface area contributed by atoms with E-state index in [9.17, 15) is 5.11 Å². The molecule has 1 aliphatic carbocycles. The van der Waals surface area contributed by atoms with Gasteiger partial charge in [0.1, 0.15) is 0 Å². The van der Waals surface area contributed by atoms with Gasteiger partial charge in [0.15, 0.2) is 0 Å². The average Bonchev–Trinajstić information content (AvgIpc) is 2.66. The molecule has 1 aliphatic heterocycles. The summed E-state index contributed by atoms with van der Waals surface area (Å²) in [5, 5.41) is 10.6. The molecule has 24 heavy (non-hydrogen) atoms. The summed E-state index contributed by atoms with van der Waals surface area (Å²) in [7, 11) is 0. The standard InChI is InChI=1S/C20H32BrNO2/c1-6-20(4,5)24-15(3)19(23)13-22-11-10-16-17(12-22)14(2)8-7-9-18(16)21/h7-9,14-15,19,23H,6,10-13H2,1-5H3. The SMILES string of the molecule is CCC(C)(C)OC(C)C(O)CN1CCC2=C(C1)C(C)C=CC=C2Br. The van der Waals surface area contributed by atoms with Gasteiger partial charge in [-0.25, -0.2) is 0 Å². The second-order valence-electron chi connectivity index (χ2n) is 7.68. The van der Waals surface area contributed by atoms with Crippen LogP contribution in [-0.2, 0) is 4.74 Å². The Kier molecular flexibility index (Phi) is 6.89. The molecule has 0 radical (unpaired) electrons. The number of hydrogen-bond donors (Lipinski definition) is 1. The van der Waals surface area contributed by atoms with Crippen molar-refractivity contribution in [1.29, 1.82) is 0 Å². The summed E-state index contributed by atoms with van der Waals surface area (Å²) in [5.74, 6) is 0.443. The van der Waals surface area contributed by atoms with Crippen molar-refractivity contribution in [3.63, 3.8) is 0 Å². The van der Waals surface area contributed by atoms with E-state index in [1.165, 1.54) is 15.6 Å². The first-order valence-electron chi connectivity index (χ1n) is 9.08. The van der Waals surface area contributed by atoms with Crippen LogP contribution in [0.5, 0.6) is 0 Å². The van der Waals surface area contributed by atoms with E-state index in [4.69, 9.17) is 4.74 Å². The third-order valence-corrected chi connectivity index (χ3v) is 6.03. The maximum Gasteiger partial charge on any atom is 0.0926 e. The largest absolute Gasteiger partial charge is 0.389 e. The van der Waals surface area contributed by atoms with Crippen molar-refractivity contribution in [2.45, 2.75) is 65.3 Å². The van der Waals surface area contributed by atoms with Gasteiger partial charge in [0.05, 0.1) is 17.8 Å². The van der Waals surface area contributed by atoms with Crippen LogP contribution in [0.2, 0.25) is 0 Å². The van der Waals surface area contributed by atoms with Crippen molar-refractivity contribution in [2.24, 2.45) is 5.92 Å². The van der Waals surface area contributed by atoms with E-state index in [-0.39, 0.29) is 11.7 Å². The first kappa shape index (κ1) is 19.9. The lowest BCUT2D eigenvalue weighted by Gasteiger charge is -2.36. The van der Waals surface area contributed by atoms with E-state index in [1.54, 1.807) is 0 Å². The molecule has 0 saturated carbocycles. The summed E-state index contributed by atoms with van der Waals surface area (Å²) in [5.41, 5.74) is 2.72. The summed E-state index contributed by atoms with van der Waals surface area (Å²) < 4.78 is 7.25. The van der Waals surface area contributed by atoms with Gasteiger partial charge in [-0.15, -0.1) is 0 Å². The number of nitrogens with zero attached hydrogens (tertiary/aromatic N) is 1. The topological polar surface area (TPSA) is 32.7 Å². The Labute approximate surface area is 155 Å². The average molecular weight is 398 g/mol. The molecule has 3 unspecified atom stereocenters. The smallest absolute Gasteiger partial charge is 0.0926 e. The highest BCUT2D eigenvalue weighted by atomic mass is 79.9. The van der Waals surface area contributed by atoms with E-state index >= 15 is 0 Å². The van der Waals surface area contributed by atoms with Crippen molar-refractivity contribution >= 4 is 15.9 Å².